The van der Waals surface area contributed by atoms with Crippen molar-refractivity contribution in [3.63, 3.8) is 0 Å². The summed E-state index contributed by atoms with van der Waals surface area (Å²) in [6.45, 7) is 2.56. The number of piperidine rings is 1. The number of aromatic nitrogens is 2. The average Bonchev–Trinajstić information content (AvgIpc) is 3.08. The maximum atomic E-state index is 12.4. The van der Waals surface area contributed by atoms with Crippen LogP contribution in [0, 0.1) is 11.3 Å². The Morgan fingerprint density at radius 2 is 2.00 bits per heavy atom. The zero-order valence-electron chi connectivity index (χ0n) is 13.3. The lowest BCUT2D eigenvalue weighted by Gasteiger charge is -2.23. The summed E-state index contributed by atoms with van der Waals surface area (Å²) in [6.07, 6.45) is 3.30. The van der Waals surface area contributed by atoms with Crippen LogP contribution in [-0.4, -0.2) is 29.2 Å². The molecule has 1 spiro atoms. The summed E-state index contributed by atoms with van der Waals surface area (Å²) < 4.78 is 0. The molecule has 0 radical (unpaired) electrons. The molecule has 1 unspecified atom stereocenters. The fraction of sp³-hybridized carbons (Fsp3) is 0.471. The first kappa shape index (κ1) is 17.3. The van der Waals surface area contributed by atoms with Crippen LogP contribution in [-0.2, 0) is 11.3 Å². The topological polar surface area (TPSA) is 66.9 Å². The van der Waals surface area contributed by atoms with Gasteiger partial charge >= 0.3 is 0 Å². The van der Waals surface area contributed by atoms with Crippen molar-refractivity contribution in [2.24, 2.45) is 11.3 Å². The van der Waals surface area contributed by atoms with Gasteiger partial charge in [-0.05, 0) is 37.8 Å². The van der Waals surface area contributed by atoms with E-state index in [2.05, 4.69) is 20.8 Å². The number of carbonyl (C=O) groups is 1. The van der Waals surface area contributed by atoms with E-state index < -0.39 is 0 Å². The van der Waals surface area contributed by atoms with E-state index in [1.807, 2.05) is 30.3 Å². The second-order valence-corrected chi connectivity index (χ2v) is 7.52. The van der Waals surface area contributed by atoms with Gasteiger partial charge in [-0.3, -0.25) is 4.79 Å². The van der Waals surface area contributed by atoms with Crippen LogP contribution in [0.15, 0.2) is 30.3 Å². The van der Waals surface area contributed by atoms with Crippen LogP contribution in [0.4, 0.5) is 0 Å². The molecule has 1 saturated heterocycles. The highest BCUT2D eigenvalue weighted by molar-refractivity contribution is 7.14. The number of carbonyl (C=O) groups excluding carboxylic acids is 1. The molecule has 5 nitrogen and oxygen atoms in total. The Balaban J connectivity index is 0.00000169. The van der Waals surface area contributed by atoms with Gasteiger partial charge in [0.05, 0.1) is 6.54 Å². The van der Waals surface area contributed by atoms with Crippen LogP contribution in [0.3, 0.4) is 0 Å². The highest BCUT2D eigenvalue weighted by Crippen LogP contribution is 2.58. The van der Waals surface area contributed by atoms with Crippen LogP contribution < -0.4 is 10.6 Å². The Labute approximate surface area is 151 Å². The van der Waals surface area contributed by atoms with Crippen LogP contribution in [0.5, 0.6) is 0 Å². The average molecular weight is 365 g/mol. The lowest BCUT2D eigenvalue weighted by molar-refractivity contribution is -0.123. The molecule has 1 aromatic heterocycles. The van der Waals surface area contributed by atoms with E-state index in [0.717, 1.165) is 47.9 Å². The Bertz CT molecular complexity index is 700. The number of nitrogens with zero attached hydrogens (tertiary/aromatic N) is 2. The molecular weight excluding hydrogens is 344 g/mol. The van der Waals surface area contributed by atoms with Gasteiger partial charge in [0.1, 0.15) is 10.0 Å². The van der Waals surface area contributed by atoms with E-state index in [0.29, 0.717) is 6.54 Å². The van der Waals surface area contributed by atoms with Crippen molar-refractivity contribution in [1.29, 1.82) is 0 Å². The zero-order chi connectivity index (χ0) is 15.7. The largest absolute Gasteiger partial charge is 0.349 e. The van der Waals surface area contributed by atoms with Crippen molar-refractivity contribution in [3.05, 3.63) is 35.3 Å². The molecule has 1 aliphatic heterocycles. The molecule has 128 valence electrons. The first-order valence-electron chi connectivity index (χ1n) is 8.13. The first-order valence-corrected chi connectivity index (χ1v) is 8.95. The summed E-state index contributed by atoms with van der Waals surface area (Å²) in [5.74, 6) is 0.384. The summed E-state index contributed by atoms with van der Waals surface area (Å²) in [7, 11) is 0. The smallest absolute Gasteiger partial charge is 0.224 e. The van der Waals surface area contributed by atoms with Crippen LogP contribution in [0.25, 0.3) is 10.6 Å². The van der Waals surface area contributed by atoms with Crippen molar-refractivity contribution < 1.29 is 4.79 Å². The van der Waals surface area contributed by atoms with Gasteiger partial charge in [-0.15, -0.1) is 22.6 Å². The van der Waals surface area contributed by atoms with Gasteiger partial charge in [0.2, 0.25) is 5.91 Å². The molecule has 2 aliphatic rings. The minimum absolute atomic E-state index is 0. The van der Waals surface area contributed by atoms with Crippen LogP contribution >= 0.6 is 23.7 Å². The quantitative estimate of drug-likeness (QED) is 0.875. The van der Waals surface area contributed by atoms with E-state index in [-0.39, 0.29) is 29.6 Å². The number of amides is 1. The molecule has 2 aromatic rings. The Kier molecular flexibility index (Phi) is 5.18. The molecule has 2 heterocycles. The van der Waals surface area contributed by atoms with Crippen molar-refractivity contribution >= 4 is 29.7 Å². The third-order valence-corrected chi connectivity index (χ3v) is 5.98. The van der Waals surface area contributed by atoms with Crippen molar-refractivity contribution in [2.45, 2.75) is 25.8 Å². The Morgan fingerprint density at radius 1 is 1.25 bits per heavy atom. The number of rotatable bonds is 4. The zero-order valence-corrected chi connectivity index (χ0v) is 15.0. The number of nitrogens with one attached hydrogen (secondary N) is 2. The number of hydrogen-bond acceptors (Lipinski definition) is 5. The molecule has 4 rings (SSSR count). The fourth-order valence-corrected chi connectivity index (χ4v) is 4.29. The maximum absolute atomic E-state index is 12.4. The third kappa shape index (κ3) is 3.45. The Hall–Kier alpha value is -1.50. The summed E-state index contributed by atoms with van der Waals surface area (Å²) in [6, 6.07) is 10.0. The van der Waals surface area contributed by atoms with Gasteiger partial charge in [0.15, 0.2) is 0 Å². The predicted octanol–water partition coefficient (Wildman–Crippen LogP) is 2.63. The number of hydrogen-bond donors (Lipinski definition) is 2. The molecule has 1 saturated carbocycles. The normalized spacial score (nSPS) is 21.1. The molecule has 1 aliphatic carbocycles. The van der Waals surface area contributed by atoms with E-state index in [9.17, 15) is 4.79 Å². The molecule has 2 N–H and O–H groups in total. The van der Waals surface area contributed by atoms with Gasteiger partial charge < -0.3 is 10.6 Å². The molecule has 1 atom stereocenters. The van der Waals surface area contributed by atoms with E-state index in [1.54, 1.807) is 11.3 Å². The second-order valence-electron chi connectivity index (χ2n) is 6.45. The van der Waals surface area contributed by atoms with Crippen molar-refractivity contribution in [1.82, 2.24) is 20.8 Å². The van der Waals surface area contributed by atoms with Gasteiger partial charge in [-0.2, -0.15) is 0 Å². The third-order valence-electron chi connectivity index (χ3n) is 5.01. The first-order chi connectivity index (χ1) is 11.3. The van der Waals surface area contributed by atoms with Gasteiger partial charge in [-0.25, -0.2) is 0 Å². The van der Waals surface area contributed by atoms with E-state index >= 15 is 0 Å². The molecule has 24 heavy (non-hydrogen) atoms. The lowest BCUT2D eigenvalue weighted by atomic mass is 9.92. The monoisotopic (exact) mass is 364 g/mol. The predicted molar refractivity (Wildman–Crippen MR) is 97.1 cm³/mol. The fourth-order valence-electron chi connectivity index (χ4n) is 3.50. The van der Waals surface area contributed by atoms with Crippen molar-refractivity contribution in [3.8, 4) is 10.6 Å². The van der Waals surface area contributed by atoms with Gasteiger partial charge in [-0.1, -0.05) is 41.7 Å². The summed E-state index contributed by atoms with van der Waals surface area (Å²) in [4.78, 5) is 12.4. The van der Waals surface area contributed by atoms with E-state index in [4.69, 9.17) is 0 Å². The minimum atomic E-state index is 0. The standard InChI is InChI=1S/C17H20N4OS.ClH/c22-15(13-10-17(13)6-8-18-9-7-17)19-11-14-20-21-16(23-14)12-4-2-1-3-5-12;/h1-5,13,18H,6-11H2,(H,19,22);1H. The second kappa shape index (κ2) is 7.17. The molecular formula is C17H21ClN4OS. The summed E-state index contributed by atoms with van der Waals surface area (Å²) in [5.41, 5.74) is 1.35. The lowest BCUT2D eigenvalue weighted by Crippen LogP contribution is -2.33. The SMILES string of the molecule is Cl.O=C(NCc1nnc(-c2ccccc2)s1)C1CC12CCNCC2. The summed E-state index contributed by atoms with van der Waals surface area (Å²) in [5, 5.41) is 16.6. The molecule has 0 bridgehead atoms. The molecule has 1 amide bonds. The van der Waals surface area contributed by atoms with Gasteiger partial charge in [0.25, 0.3) is 0 Å². The Morgan fingerprint density at radius 3 is 2.75 bits per heavy atom. The highest BCUT2D eigenvalue weighted by Gasteiger charge is 2.57. The van der Waals surface area contributed by atoms with Crippen LogP contribution in [0.2, 0.25) is 0 Å². The summed E-state index contributed by atoms with van der Waals surface area (Å²) >= 11 is 1.54. The van der Waals surface area contributed by atoms with E-state index in [1.165, 1.54) is 0 Å². The number of benzene rings is 1. The maximum Gasteiger partial charge on any atom is 0.224 e. The number of halogens is 1. The minimum Gasteiger partial charge on any atom is -0.349 e. The molecule has 7 heteroatoms. The van der Waals surface area contributed by atoms with Crippen molar-refractivity contribution in [2.75, 3.05) is 13.1 Å². The van der Waals surface area contributed by atoms with Crippen LogP contribution in [0.1, 0.15) is 24.3 Å². The molecule has 1 aromatic carbocycles. The van der Waals surface area contributed by atoms with Gasteiger partial charge in [0, 0.05) is 11.5 Å². The highest BCUT2D eigenvalue weighted by atomic mass is 35.5. The molecule has 2 fully saturated rings.